The average Bonchev–Trinajstić information content (AvgIpc) is 2.62. The van der Waals surface area contributed by atoms with Crippen LogP contribution in [-0.4, -0.2) is 13.7 Å². The van der Waals surface area contributed by atoms with E-state index in [-0.39, 0.29) is 5.41 Å². The Morgan fingerprint density at radius 1 is 0.696 bits per heavy atom. The Balaban J connectivity index is 1.97. The summed E-state index contributed by atoms with van der Waals surface area (Å²) in [6.45, 7) is 0.671. The lowest BCUT2D eigenvalue weighted by atomic mass is 9.53. The van der Waals surface area contributed by atoms with Crippen LogP contribution < -0.4 is 0 Å². The smallest absolute Gasteiger partial charge is 0.0693 e. The van der Waals surface area contributed by atoms with Gasteiger partial charge in [0.1, 0.15) is 0 Å². The Morgan fingerprint density at radius 3 is 1.48 bits per heavy atom. The van der Waals surface area contributed by atoms with Crippen molar-refractivity contribution in [3.63, 3.8) is 0 Å². The fourth-order valence-electron chi connectivity index (χ4n) is 4.80. The Bertz CT molecular complexity index is 793. The summed E-state index contributed by atoms with van der Waals surface area (Å²) in [6.07, 6.45) is 0. The van der Waals surface area contributed by atoms with E-state index in [1.165, 1.54) is 33.4 Å². The predicted octanol–water partition coefficient (Wildman–Crippen LogP) is 4.47. The zero-order valence-corrected chi connectivity index (χ0v) is 13.1. The molecule has 0 atom stereocenters. The van der Waals surface area contributed by atoms with Crippen molar-refractivity contribution in [1.82, 2.24) is 0 Å². The lowest BCUT2D eigenvalue weighted by Gasteiger charge is -2.50. The van der Waals surface area contributed by atoms with Gasteiger partial charge >= 0.3 is 0 Å². The summed E-state index contributed by atoms with van der Waals surface area (Å²) in [4.78, 5) is 0. The minimum Gasteiger partial charge on any atom is -0.383 e. The van der Waals surface area contributed by atoms with Crippen molar-refractivity contribution >= 4 is 0 Å². The van der Waals surface area contributed by atoms with Crippen LogP contribution in [0.5, 0.6) is 0 Å². The molecule has 0 aliphatic heterocycles. The molecular formula is C22H18O. The van der Waals surface area contributed by atoms with Crippen LogP contribution in [0, 0.1) is 0 Å². The van der Waals surface area contributed by atoms with Gasteiger partial charge in [0.15, 0.2) is 0 Å². The van der Waals surface area contributed by atoms with Crippen molar-refractivity contribution in [2.45, 2.75) is 11.3 Å². The van der Waals surface area contributed by atoms with Crippen molar-refractivity contribution in [3.05, 3.63) is 106 Å². The van der Waals surface area contributed by atoms with E-state index >= 15 is 0 Å². The van der Waals surface area contributed by atoms with Crippen molar-refractivity contribution in [1.29, 1.82) is 0 Å². The molecule has 3 aromatic carbocycles. The first kappa shape index (κ1) is 13.1. The highest BCUT2D eigenvalue weighted by molar-refractivity contribution is 5.71. The number of hydrogen-bond donors (Lipinski definition) is 0. The molecular weight excluding hydrogens is 280 g/mol. The first-order valence-electron chi connectivity index (χ1n) is 8.15. The lowest BCUT2D eigenvalue weighted by molar-refractivity contribution is 0.159. The number of ether oxygens (including phenoxy) is 1. The van der Waals surface area contributed by atoms with Crippen LogP contribution in [-0.2, 0) is 10.2 Å². The molecule has 0 aromatic heterocycles. The standard InChI is InChI=1S/C22H18O/c1-23-14-22-18-11-5-2-8-15(18)21(16-9-3-6-12-19(16)22)17-10-4-7-13-20(17)22/h2-13,21H,14H2,1H3. The zero-order chi connectivity index (χ0) is 15.4. The van der Waals surface area contributed by atoms with E-state index < -0.39 is 0 Å². The Kier molecular flexibility index (Phi) is 2.60. The molecule has 3 aromatic rings. The van der Waals surface area contributed by atoms with Gasteiger partial charge in [0.2, 0.25) is 0 Å². The topological polar surface area (TPSA) is 9.23 Å². The SMILES string of the molecule is COCC12c3ccccc3C(c3ccccc31)c1ccccc12. The average molecular weight is 298 g/mol. The van der Waals surface area contributed by atoms with Gasteiger partial charge in [-0.15, -0.1) is 0 Å². The minimum absolute atomic E-state index is 0.187. The van der Waals surface area contributed by atoms with Crippen molar-refractivity contribution < 1.29 is 4.74 Å². The highest BCUT2D eigenvalue weighted by Gasteiger charge is 2.51. The maximum Gasteiger partial charge on any atom is 0.0693 e. The van der Waals surface area contributed by atoms with Crippen LogP contribution in [0.4, 0.5) is 0 Å². The second-order valence-electron chi connectivity index (χ2n) is 6.53. The summed E-state index contributed by atoms with van der Waals surface area (Å²) < 4.78 is 5.77. The monoisotopic (exact) mass is 298 g/mol. The molecule has 1 nitrogen and oxygen atoms in total. The molecule has 0 amide bonds. The molecule has 3 aliphatic carbocycles. The van der Waals surface area contributed by atoms with Gasteiger partial charge in [0.05, 0.1) is 12.0 Å². The van der Waals surface area contributed by atoms with E-state index in [0.29, 0.717) is 12.5 Å². The van der Waals surface area contributed by atoms with Crippen LogP contribution in [0.3, 0.4) is 0 Å². The fraction of sp³-hybridized carbons (Fsp3) is 0.182. The molecule has 0 spiro atoms. The first-order valence-corrected chi connectivity index (χ1v) is 8.15. The second-order valence-corrected chi connectivity index (χ2v) is 6.53. The largest absolute Gasteiger partial charge is 0.383 e. The predicted molar refractivity (Wildman–Crippen MR) is 92.0 cm³/mol. The summed E-state index contributed by atoms with van der Waals surface area (Å²) >= 11 is 0. The molecule has 0 saturated carbocycles. The van der Waals surface area contributed by atoms with Crippen LogP contribution in [0.2, 0.25) is 0 Å². The van der Waals surface area contributed by atoms with E-state index in [4.69, 9.17) is 4.74 Å². The van der Waals surface area contributed by atoms with Gasteiger partial charge in [-0.2, -0.15) is 0 Å². The molecule has 23 heavy (non-hydrogen) atoms. The Morgan fingerprint density at radius 2 is 1.09 bits per heavy atom. The molecule has 0 unspecified atom stereocenters. The van der Waals surface area contributed by atoms with Crippen LogP contribution in [0.25, 0.3) is 0 Å². The first-order chi connectivity index (χ1) is 11.4. The molecule has 3 aliphatic rings. The van der Waals surface area contributed by atoms with E-state index in [0.717, 1.165) is 0 Å². The Labute approximate surface area is 136 Å². The van der Waals surface area contributed by atoms with Crippen LogP contribution >= 0.6 is 0 Å². The molecule has 112 valence electrons. The summed E-state index contributed by atoms with van der Waals surface area (Å²) in [5.41, 5.74) is 8.33. The van der Waals surface area contributed by atoms with Gasteiger partial charge in [-0.25, -0.2) is 0 Å². The Hall–Kier alpha value is -2.38. The highest BCUT2D eigenvalue weighted by atomic mass is 16.5. The maximum absolute atomic E-state index is 5.77. The highest BCUT2D eigenvalue weighted by Crippen LogP contribution is 2.58. The molecule has 0 radical (unpaired) electrons. The number of hydrogen-bond acceptors (Lipinski definition) is 1. The fourth-order valence-corrected chi connectivity index (χ4v) is 4.80. The molecule has 6 rings (SSSR count). The van der Waals surface area contributed by atoms with Crippen molar-refractivity contribution in [2.75, 3.05) is 13.7 Å². The summed E-state index contributed by atoms with van der Waals surface area (Å²) in [6, 6.07) is 26.7. The van der Waals surface area contributed by atoms with Gasteiger partial charge in [0, 0.05) is 13.0 Å². The number of benzene rings is 3. The van der Waals surface area contributed by atoms with Gasteiger partial charge < -0.3 is 4.74 Å². The van der Waals surface area contributed by atoms with E-state index in [9.17, 15) is 0 Å². The molecule has 0 heterocycles. The maximum atomic E-state index is 5.77. The molecule has 0 fully saturated rings. The third-order valence-corrected chi connectivity index (χ3v) is 5.56. The minimum atomic E-state index is -0.187. The normalized spacial score (nSPS) is 23.1. The molecule has 1 heteroatoms. The van der Waals surface area contributed by atoms with Gasteiger partial charge in [-0.1, -0.05) is 72.8 Å². The van der Waals surface area contributed by atoms with Gasteiger partial charge in [-0.05, 0) is 33.4 Å². The molecule has 2 bridgehead atoms. The third kappa shape index (κ3) is 1.46. The van der Waals surface area contributed by atoms with E-state index in [2.05, 4.69) is 72.8 Å². The quantitative estimate of drug-likeness (QED) is 0.678. The zero-order valence-electron chi connectivity index (χ0n) is 13.1. The van der Waals surface area contributed by atoms with Crippen molar-refractivity contribution in [3.8, 4) is 0 Å². The molecule has 0 N–H and O–H groups in total. The lowest BCUT2D eigenvalue weighted by Crippen LogP contribution is -2.45. The molecule has 0 saturated heterocycles. The second kappa shape index (κ2) is 4.56. The van der Waals surface area contributed by atoms with E-state index in [1.54, 1.807) is 0 Å². The summed E-state index contributed by atoms with van der Waals surface area (Å²) in [7, 11) is 1.81. The van der Waals surface area contributed by atoms with Crippen molar-refractivity contribution in [2.24, 2.45) is 0 Å². The summed E-state index contributed by atoms with van der Waals surface area (Å²) in [5.74, 6) is 0.345. The summed E-state index contributed by atoms with van der Waals surface area (Å²) in [5, 5.41) is 0. The van der Waals surface area contributed by atoms with Gasteiger partial charge in [0.25, 0.3) is 0 Å². The van der Waals surface area contributed by atoms with Crippen LogP contribution in [0.1, 0.15) is 39.3 Å². The van der Waals surface area contributed by atoms with E-state index in [1.807, 2.05) is 7.11 Å². The third-order valence-electron chi connectivity index (χ3n) is 5.56. The number of rotatable bonds is 2. The number of methoxy groups -OCH3 is 1. The van der Waals surface area contributed by atoms with Gasteiger partial charge in [-0.3, -0.25) is 0 Å². The van der Waals surface area contributed by atoms with Crippen LogP contribution in [0.15, 0.2) is 72.8 Å².